The summed E-state index contributed by atoms with van der Waals surface area (Å²) in [6, 6.07) is 12.8. The van der Waals surface area contributed by atoms with Gasteiger partial charge in [0.05, 0.1) is 0 Å². The Labute approximate surface area is 168 Å². The highest BCUT2D eigenvalue weighted by Gasteiger charge is 2.18. The van der Waals surface area contributed by atoms with Crippen molar-refractivity contribution in [2.75, 3.05) is 42.9 Å². The highest BCUT2D eigenvalue weighted by atomic mass is 15.3. The van der Waals surface area contributed by atoms with Gasteiger partial charge in [0, 0.05) is 45.5 Å². The van der Waals surface area contributed by atoms with Crippen LogP contribution in [0.4, 0.5) is 11.8 Å². The van der Waals surface area contributed by atoms with Gasteiger partial charge in [-0.15, -0.1) is 0 Å². The van der Waals surface area contributed by atoms with Crippen molar-refractivity contribution in [3.05, 3.63) is 59.8 Å². The summed E-state index contributed by atoms with van der Waals surface area (Å²) in [7, 11) is 0. The van der Waals surface area contributed by atoms with Gasteiger partial charge in [-0.25, -0.2) is 4.98 Å². The normalized spacial score (nSPS) is 18.0. The summed E-state index contributed by atoms with van der Waals surface area (Å²) < 4.78 is 0. The van der Waals surface area contributed by atoms with Crippen LogP contribution in [-0.2, 0) is 6.54 Å². The van der Waals surface area contributed by atoms with Crippen molar-refractivity contribution in [1.82, 2.24) is 14.9 Å². The number of hydrogen-bond acceptors (Lipinski definition) is 5. The first-order valence-corrected chi connectivity index (χ1v) is 10.6. The molecule has 2 aliphatic rings. The van der Waals surface area contributed by atoms with Gasteiger partial charge in [-0.1, -0.05) is 42.0 Å². The first-order chi connectivity index (χ1) is 13.9. The quantitative estimate of drug-likeness (QED) is 0.736. The number of nitrogens with one attached hydrogen (secondary N) is 1. The molecule has 0 spiro atoms. The molecule has 148 valence electrons. The van der Waals surface area contributed by atoms with Gasteiger partial charge in [0.1, 0.15) is 5.82 Å². The molecule has 4 rings (SSSR count). The monoisotopic (exact) mass is 377 g/mol. The van der Waals surface area contributed by atoms with E-state index in [1.165, 1.54) is 31.2 Å². The number of benzene rings is 1. The summed E-state index contributed by atoms with van der Waals surface area (Å²) in [5.74, 6) is 1.79. The summed E-state index contributed by atoms with van der Waals surface area (Å²) in [5, 5.41) is 3.41. The Hall–Kier alpha value is -2.40. The molecule has 1 aromatic carbocycles. The van der Waals surface area contributed by atoms with E-state index >= 15 is 0 Å². The Balaban J connectivity index is 1.25. The molecule has 0 radical (unpaired) electrons. The predicted molar refractivity (Wildman–Crippen MR) is 116 cm³/mol. The summed E-state index contributed by atoms with van der Waals surface area (Å²) in [5.41, 5.74) is 2.97. The number of piperazine rings is 1. The lowest BCUT2D eigenvalue weighted by molar-refractivity contribution is 0.249. The molecule has 0 amide bonds. The fourth-order valence-corrected chi connectivity index (χ4v) is 4.05. The maximum absolute atomic E-state index is 4.75. The largest absolute Gasteiger partial charge is 0.354 e. The van der Waals surface area contributed by atoms with Crippen LogP contribution >= 0.6 is 0 Å². The van der Waals surface area contributed by atoms with E-state index in [0.717, 1.165) is 57.5 Å². The lowest BCUT2D eigenvalue weighted by Crippen LogP contribution is -2.46. The average molecular weight is 378 g/mol. The second-order valence-corrected chi connectivity index (χ2v) is 7.77. The van der Waals surface area contributed by atoms with E-state index in [1.54, 1.807) is 5.57 Å². The number of allylic oxidation sites excluding steroid dienone is 1. The third-order valence-corrected chi connectivity index (χ3v) is 5.70. The fourth-order valence-electron chi connectivity index (χ4n) is 4.05. The van der Waals surface area contributed by atoms with Crippen LogP contribution in [0.5, 0.6) is 0 Å². The molecule has 0 atom stereocenters. The Kier molecular flexibility index (Phi) is 6.56. The SMILES string of the molecule is C1=C(CCNc2nccc(N3CCN(Cc4ccccc4)CC3)n2)CCCC1. The van der Waals surface area contributed by atoms with E-state index in [1.807, 2.05) is 12.3 Å². The maximum Gasteiger partial charge on any atom is 0.224 e. The Morgan fingerprint density at radius 3 is 2.61 bits per heavy atom. The van der Waals surface area contributed by atoms with E-state index in [-0.39, 0.29) is 0 Å². The molecule has 5 nitrogen and oxygen atoms in total. The van der Waals surface area contributed by atoms with Gasteiger partial charge in [0.25, 0.3) is 0 Å². The smallest absolute Gasteiger partial charge is 0.224 e. The summed E-state index contributed by atoms with van der Waals surface area (Å²) >= 11 is 0. The minimum absolute atomic E-state index is 0.751. The Bertz CT molecular complexity index is 766. The number of nitrogens with zero attached hydrogens (tertiary/aromatic N) is 4. The van der Waals surface area contributed by atoms with Crippen LogP contribution in [-0.4, -0.2) is 47.6 Å². The molecule has 1 N–H and O–H groups in total. The zero-order chi connectivity index (χ0) is 19.0. The van der Waals surface area contributed by atoms with Crippen LogP contribution in [0, 0.1) is 0 Å². The minimum Gasteiger partial charge on any atom is -0.354 e. The molecule has 1 aliphatic carbocycles. The number of aromatic nitrogens is 2. The van der Waals surface area contributed by atoms with Crippen LogP contribution in [0.2, 0.25) is 0 Å². The molecule has 1 aliphatic heterocycles. The minimum atomic E-state index is 0.751. The van der Waals surface area contributed by atoms with Gasteiger partial charge >= 0.3 is 0 Å². The number of anilines is 2. The van der Waals surface area contributed by atoms with Crippen molar-refractivity contribution in [1.29, 1.82) is 0 Å². The molecule has 0 unspecified atom stereocenters. The first-order valence-electron chi connectivity index (χ1n) is 10.6. The van der Waals surface area contributed by atoms with Crippen molar-refractivity contribution in [2.24, 2.45) is 0 Å². The molecule has 1 fully saturated rings. The second-order valence-electron chi connectivity index (χ2n) is 7.77. The topological polar surface area (TPSA) is 44.3 Å². The zero-order valence-corrected chi connectivity index (χ0v) is 16.7. The molecule has 28 heavy (non-hydrogen) atoms. The van der Waals surface area contributed by atoms with Crippen molar-refractivity contribution >= 4 is 11.8 Å². The first kappa shape index (κ1) is 18.9. The molecular weight excluding hydrogens is 346 g/mol. The Morgan fingerprint density at radius 1 is 0.964 bits per heavy atom. The highest BCUT2D eigenvalue weighted by Crippen LogP contribution is 2.20. The maximum atomic E-state index is 4.75. The van der Waals surface area contributed by atoms with E-state index in [2.05, 4.69) is 56.5 Å². The van der Waals surface area contributed by atoms with Gasteiger partial charge in [-0.3, -0.25) is 4.90 Å². The van der Waals surface area contributed by atoms with E-state index in [4.69, 9.17) is 4.98 Å². The van der Waals surface area contributed by atoms with Gasteiger partial charge in [-0.2, -0.15) is 4.98 Å². The van der Waals surface area contributed by atoms with Crippen molar-refractivity contribution in [3.63, 3.8) is 0 Å². The standard InChI is InChI=1S/C23H31N5/c1-3-7-20(8-4-1)11-13-24-23-25-14-12-22(26-23)28-17-15-27(16-18-28)19-21-9-5-2-6-10-21/h2,5-7,9-10,12,14H,1,3-4,8,11,13,15-19H2,(H,24,25,26). The summed E-state index contributed by atoms with van der Waals surface area (Å²) in [4.78, 5) is 14.1. The van der Waals surface area contributed by atoms with Crippen molar-refractivity contribution in [2.45, 2.75) is 38.6 Å². The van der Waals surface area contributed by atoms with Crippen LogP contribution < -0.4 is 10.2 Å². The molecular formula is C23H31N5. The van der Waals surface area contributed by atoms with Crippen LogP contribution in [0.3, 0.4) is 0 Å². The van der Waals surface area contributed by atoms with Crippen molar-refractivity contribution in [3.8, 4) is 0 Å². The molecule has 1 saturated heterocycles. The van der Waals surface area contributed by atoms with Gasteiger partial charge < -0.3 is 10.2 Å². The predicted octanol–water partition coefficient (Wildman–Crippen LogP) is 4.10. The molecule has 1 aromatic heterocycles. The van der Waals surface area contributed by atoms with Crippen LogP contribution in [0.25, 0.3) is 0 Å². The number of rotatable bonds is 7. The Morgan fingerprint density at radius 2 is 1.82 bits per heavy atom. The molecule has 5 heteroatoms. The zero-order valence-electron chi connectivity index (χ0n) is 16.7. The van der Waals surface area contributed by atoms with E-state index < -0.39 is 0 Å². The average Bonchev–Trinajstić information content (AvgIpc) is 2.76. The molecule has 2 heterocycles. The van der Waals surface area contributed by atoms with E-state index in [0.29, 0.717) is 0 Å². The second kappa shape index (κ2) is 9.69. The third-order valence-electron chi connectivity index (χ3n) is 5.70. The lowest BCUT2D eigenvalue weighted by atomic mass is 9.97. The summed E-state index contributed by atoms with van der Waals surface area (Å²) in [6.45, 7) is 6.10. The van der Waals surface area contributed by atoms with Gasteiger partial charge in [0.2, 0.25) is 5.95 Å². The summed E-state index contributed by atoms with van der Waals surface area (Å²) in [6.07, 6.45) is 10.6. The molecule has 0 bridgehead atoms. The van der Waals surface area contributed by atoms with Crippen LogP contribution in [0.1, 0.15) is 37.7 Å². The molecule has 0 saturated carbocycles. The van der Waals surface area contributed by atoms with Crippen LogP contribution in [0.15, 0.2) is 54.2 Å². The highest BCUT2D eigenvalue weighted by molar-refractivity contribution is 5.43. The van der Waals surface area contributed by atoms with Gasteiger partial charge in [0.15, 0.2) is 0 Å². The lowest BCUT2D eigenvalue weighted by Gasteiger charge is -2.35. The van der Waals surface area contributed by atoms with Gasteiger partial charge in [-0.05, 0) is 43.7 Å². The fraction of sp³-hybridized carbons (Fsp3) is 0.478. The molecule has 2 aromatic rings. The van der Waals surface area contributed by atoms with E-state index in [9.17, 15) is 0 Å². The third kappa shape index (κ3) is 5.32. The van der Waals surface area contributed by atoms with Crippen molar-refractivity contribution < 1.29 is 0 Å². The number of hydrogen-bond donors (Lipinski definition) is 1.